The van der Waals surface area contributed by atoms with Crippen molar-refractivity contribution in [2.45, 2.75) is 77.3 Å². The van der Waals surface area contributed by atoms with E-state index in [0.717, 1.165) is 43.4 Å². The van der Waals surface area contributed by atoms with Gasteiger partial charge >= 0.3 is 6.18 Å². The molecule has 1 nitrogen and oxygen atoms in total. The molecule has 0 unspecified atom stereocenters. The molecule has 29 heavy (non-hydrogen) atoms. The third kappa shape index (κ3) is 5.85. The van der Waals surface area contributed by atoms with Crippen molar-refractivity contribution in [2.24, 2.45) is 23.7 Å². The van der Waals surface area contributed by atoms with E-state index in [9.17, 15) is 22.0 Å². The summed E-state index contributed by atoms with van der Waals surface area (Å²) in [6.07, 6.45) is 7.24. The summed E-state index contributed by atoms with van der Waals surface area (Å²) >= 11 is 0. The largest absolute Gasteiger partial charge is 0.493 e. The average molecular weight is 418 g/mol. The van der Waals surface area contributed by atoms with Gasteiger partial charge in [0.05, 0.1) is 6.61 Å². The standard InChI is InChI=1S/C23H31F5O/c1-2-3-15-4-8-17(9-5-15)18-10-6-16(7-11-18)14-29-19-12-20(24)22(21(25)13-19)23(26,27)28/h12-13,15-18H,2-11,14H2,1H3. The van der Waals surface area contributed by atoms with Crippen LogP contribution >= 0.6 is 0 Å². The topological polar surface area (TPSA) is 9.23 Å². The Morgan fingerprint density at radius 1 is 0.828 bits per heavy atom. The van der Waals surface area contributed by atoms with E-state index in [2.05, 4.69) is 6.92 Å². The molecule has 0 heterocycles. The Labute approximate surface area is 170 Å². The highest BCUT2D eigenvalue weighted by Crippen LogP contribution is 2.42. The van der Waals surface area contributed by atoms with E-state index in [0.29, 0.717) is 18.7 Å². The van der Waals surface area contributed by atoms with E-state index in [4.69, 9.17) is 4.74 Å². The van der Waals surface area contributed by atoms with Gasteiger partial charge < -0.3 is 4.74 Å². The predicted octanol–water partition coefficient (Wildman–Crippen LogP) is 7.78. The zero-order valence-electron chi connectivity index (χ0n) is 17.0. The monoisotopic (exact) mass is 418 g/mol. The molecular weight excluding hydrogens is 387 g/mol. The van der Waals surface area contributed by atoms with Crippen molar-refractivity contribution in [3.8, 4) is 5.75 Å². The van der Waals surface area contributed by atoms with Gasteiger partial charge in [0.1, 0.15) is 22.9 Å². The number of hydrogen-bond acceptors (Lipinski definition) is 1. The third-order valence-corrected chi connectivity index (χ3v) is 6.93. The van der Waals surface area contributed by atoms with Gasteiger partial charge in [-0.3, -0.25) is 0 Å². The minimum absolute atomic E-state index is 0.177. The Morgan fingerprint density at radius 2 is 1.31 bits per heavy atom. The summed E-state index contributed by atoms with van der Waals surface area (Å²) in [5.74, 6) is -0.659. The van der Waals surface area contributed by atoms with Gasteiger partial charge in [0.25, 0.3) is 0 Å². The van der Waals surface area contributed by atoms with E-state index >= 15 is 0 Å². The van der Waals surface area contributed by atoms with Crippen molar-refractivity contribution in [3.05, 3.63) is 29.3 Å². The van der Waals surface area contributed by atoms with Gasteiger partial charge in [0.2, 0.25) is 0 Å². The lowest BCUT2D eigenvalue weighted by molar-refractivity contribution is -0.142. The number of benzene rings is 1. The fraction of sp³-hybridized carbons (Fsp3) is 0.739. The highest BCUT2D eigenvalue weighted by molar-refractivity contribution is 5.32. The SMILES string of the molecule is CCCC1CCC(C2CCC(COc3cc(F)c(C(F)(F)F)c(F)c3)CC2)CC1. The minimum atomic E-state index is -5.05. The first kappa shape index (κ1) is 22.4. The Balaban J connectivity index is 1.45. The first-order valence-electron chi connectivity index (χ1n) is 11.0. The fourth-order valence-corrected chi connectivity index (χ4v) is 5.30. The zero-order valence-corrected chi connectivity index (χ0v) is 17.0. The van der Waals surface area contributed by atoms with Gasteiger partial charge in [-0.05, 0) is 62.2 Å². The van der Waals surface area contributed by atoms with Crippen LogP contribution in [0.25, 0.3) is 0 Å². The summed E-state index contributed by atoms with van der Waals surface area (Å²) in [6, 6.07) is 1.26. The number of hydrogen-bond donors (Lipinski definition) is 0. The van der Waals surface area contributed by atoms with E-state index in [-0.39, 0.29) is 11.7 Å². The molecule has 6 heteroatoms. The quantitative estimate of drug-likeness (QED) is 0.429. The third-order valence-electron chi connectivity index (χ3n) is 6.93. The molecule has 0 radical (unpaired) electrons. The molecule has 164 valence electrons. The predicted molar refractivity (Wildman–Crippen MR) is 103 cm³/mol. The molecular formula is C23H31F5O. The van der Waals surface area contributed by atoms with E-state index in [1.807, 2.05) is 0 Å². The van der Waals surface area contributed by atoms with Crippen molar-refractivity contribution >= 4 is 0 Å². The summed E-state index contributed by atoms with van der Waals surface area (Å²) in [7, 11) is 0. The van der Waals surface area contributed by atoms with Crippen molar-refractivity contribution < 1.29 is 26.7 Å². The van der Waals surface area contributed by atoms with Gasteiger partial charge in [-0.25, -0.2) is 8.78 Å². The van der Waals surface area contributed by atoms with Crippen LogP contribution in [0.5, 0.6) is 5.75 Å². The maximum atomic E-state index is 13.7. The van der Waals surface area contributed by atoms with Crippen molar-refractivity contribution in [2.75, 3.05) is 6.61 Å². The van der Waals surface area contributed by atoms with Crippen LogP contribution in [0.4, 0.5) is 22.0 Å². The Hall–Kier alpha value is -1.33. The molecule has 2 aliphatic rings. The summed E-state index contributed by atoms with van der Waals surface area (Å²) in [6.45, 7) is 2.54. The summed E-state index contributed by atoms with van der Waals surface area (Å²) in [4.78, 5) is 0. The van der Waals surface area contributed by atoms with Crippen LogP contribution in [0, 0.1) is 35.3 Å². The van der Waals surface area contributed by atoms with Crippen LogP contribution in [-0.2, 0) is 6.18 Å². The second kappa shape index (κ2) is 9.65. The number of halogens is 5. The smallest absolute Gasteiger partial charge is 0.422 e. The van der Waals surface area contributed by atoms with E-state index in [1.165, 1.54) is 38.5 Å². The van der Waals surface area contributed by atoms with E-state index < -0.39 is 23.4 Å². The summed E-state index contributed by atoms with van der Waals surface area (Å²) in [5, 5.41) is 0. The highest BCUT2D eigenvalue weighted by Gasteiger charge is 2.38. The Kier molecular flexibility index (Phi) is 7.44. The highest BCUT2D eigenvalue weighted by atomic mass is 19.4. The average Bonchev–Trinajstić information content (AvgIpc) is 2.66. The fourth-order valence-electron chi connectivity index (χ4n) is 5.30. The molecule has 1 aromatic carbocycles. The second-order valence-corrected chi connectivity index (χ2v) is 8.92. The molecule has 0 atom stereocenters. The Morgan fingerprint density at radius 3 is 1.76 bits per heavy atom. The van der Waals surface area contributed by atoms with Crippen LogP contribution in [0.3, 0.4) is 0 Å². The van der Waals surface area contributed by atoms with Crippen LogP contribution in [0.15, 0.2) is 12.1 Å². The molecule has 2 aliphatic carbocycles. The van der Waals surface area contributed by atoms with Crippen LogP contribution in [0.2, 0.25) is 0 Å². The van der Waals surface area contributed by atoms with Gasteiger partial charge in [-0.2, -0.15) is 13.2 Å². The van der Waals surface area contributed by atoms with Gasteiger partial charge in [0.15, 0.2) is 0 Å². The van der Waals surface area contributed by atoms with Gasteiger partial charge in [-0.15, -0.1) is 0 Å². The molecule has 0 amide bonds. The molecule has 0 bridgehead atoms. The van der Waals surface area contributed by atoms with Crippen molar-refractivity contribution in [1.82, 2.24) is 0 Å². The molecule has 3 rings (SSSR count). The van der Waals surface area contributed by atoms with Crippen molar-refractivity contribution in [1.29, 1.82) is 0 Å². The first-order valence-corrected chi connectivity index (χ1v) is 11.0. The minimum Gasteiger partial charge on any atom is -0.493 e. The first-order chi connectivity index (χ1) is 13.8. The second-order valence-electron chi connectivity index (χ2n) is 8.92. The molecule has 2 fully saturated rings. The van der Waals surface area contributed by atoms with Crippen LogP contribution in [0.1, 0.15) is 76.7 Å². The summed E-state index contributed by atoms with van der Waals surface area (Å²) < 4.78 is 70.7. The molecule has 0 saturated heterocycles. The van der Waals surface area contributed by atoms with Crippen molar-refractivity contribution in [3.63, 3.8) is 0 Å². The zero-order chi connectivity index (χ0) is 21.0. The number of ether oxygens (including phenoxy) is 1. The van der Waals surface area contributed by atoms with Crippen LogP contribution < -0.4 is 4.74 Å². The lowest BCUT2D eigenvalue weighted by Crippen LogP contribution is -2.27. The Bertz CT molecular complexity index is 633. The normalized spacial score (nSPS) is 28.3. The molecule has 2 saturated carbocycles. The lowest BCUT2D eigenvalue weighted by atomic mass is 9.69. The van der Waals surface area contributed by atoms with Gasteiger partial charge in [-0.1, -0.05) is 32.6 Å². The number of rotatable bonds is 6. The maximum Gasteiger partial charge on any atom is 0.422 e. The number of alkyl halides is 3. The molecule has 1 aromatic rings. The molecule has 0 spiro atoms. The lowest BCUT2D eigenvalue weighted by Gasteiger charge is -2.37. The van der Waals surface area contributed by atoms with E-state index in [1.54, 1.807) is 0 Å². The van der Waals surface area contributed by atoms with Crippen LogP contribution in [-0.4, -0.2) is 6.61 Å². The maximum absolute atomic E-state index is 13.7. The van der Waals surface area contributed by atoms with Gasteiger partial charge in [0, 0.05) is 12.1 Å². The molecule has 0 aliphatic heterocycles. The molecule has 0 N–H and O–H groups in total. The molecule has 0 aromatic heterocycles. The summed E-state index contributed by atoms with van der Waals surface area (Å²) in [5.41, 5.74) is -1.86.